The zero-order valence-electron chi connectivity index (χ0n) is 15.5. The molecule has 0 atom stereocenters. The highest BCUT2D eigenvalue weighted by Crippen LogP contribution is 2.22. The quantitative estimate of drug-likeness (QED) is 0.909. The molecule has 0 spiro atoms. The highest BCUT2D eigenvalue weighted by molar-refractivity contribution is 5.69. The van der Waals surface area contributed by atoms with E-state index in [1.165, 1.54) is 5.56 Å². The molecule has 3 rings (SSSR count). The summed E-state index contributed by atoms with van der Waals surface area (Å²) >= 11 is 0. The van der Waals surface area contributed by atoms with Crippen LogP contribution >= 0.6 is 0 Å². The van der Waals surface area contributed by atoms with Gasteiger partial charge in [0.1, 0.15) is 0 Å². The summed E-state index contributed by atoms with van der Waals surface area (Å²) in [6.45, 7) is 8.63. The third-order valence-electron chi connectivity index (χ3n) is 4.92. The molecule has 0 aliphatic carbocycles. The summed E-state index contributed by atoms with van der Waals surface area (Å²) in [6, 6.07) is 12.7. The Hall–Kier alpha value is -2.13. The lowest BCUT2D eigenvalue weighted by Gasteiger charge is -2.24. The summed E-state index contributed by atoms with van der Waals surface area (Å²) in [5.41, 5.74) is 3.69. The van der Waals surface area contributed by atoms with Crippen LogP contribution in [0.2, 0.25) is 0 Å². The van der Waals surface area contributed by atoms with Crippen LogP contribution in [0.15, 0.2) is 47.4 Å². The largest absolute Gasteiger partial charge is 0.317 e. The maximum atomic E-state index is 12.4. The number of nitrogens with one attached hydrogen (secondary N) is 1. The fraction of sp³-hybridized carbons (Fsp3) is 0.409. The van der Waals surface area contributed by atoms with Gasteiger partial charge in [0.05, 0.1) is 0 Å². The first-order valence-corrected chi connectivity index (χ1v) is 9.15. The monoisotopic (exact) mass is 336 g/mol. The molecule has 0 bridgehead atoms. The molecule has 25 heavy (non-hydrogen) atoms. The third-order valence-corrected chi connectivity index (χ3v) is 4.92. The maximum Gasteiger partial charge on any atom is 0.251 e. The van der Waals surface area contributed by atoms with E-state index in [4.69, 9.17) is 0 Å². The lowest BCUT2D eigenvalue weighted by Crippen LogP contribution is -2.33. The molecule has 1 aliphatic rings. The van der Waals surface area contributed by atoms with Crippen molar-refractivity contribution in [3.05, 3.63) is 69.6 Å². The number of hydrogen-bond acceptors (Lipinski definition) is 2. The van der Waals surface area contributed by atoms with E-state index in [0.717, 1.165) is 37.1 Å². The topological polar surface area (TPSA) is 34.0 Å². The van der Waals surface area contributed by atoms with Gasteiger partial charge in [-0.15, -0.1) is 0 Å². The first-order valence-electron chi connectivity index (χ1n) is 9.15. The average molecular weight is 336 g/mol. The first-order chi connectivity index (χ1) is 11.9. The van der Waals surface area contributed by atoms with Crippen LogP contribution in [-0.4, -0.2) is 17.7 Å². The predicted molar refractivity (Wildman–Crippen MR) is 106 cm³/mol. The van der Waals surface area contributed by atoms with E-state index in [1.54, 1.807) is 6.07 Å². The van der Waals surface area contributed by atoms with E-state index in [0.29, 0.717) is 6.04 Å². The van der Waals surface area contributed by atoms with E-state index in [9.17, 15) is 4.79 Å². The predicted octanol–water partition coefficient (Wildman–Crippen LogP) is 4.24. The minimum absolute atomic E-state index is 0.0946. The fourth-order valence-corrected chi connectivity index (χ4v) is 3.28. The average Bonchev–Trinajstić information content (AvgIpc) is 2.60. The molecule has 1 aromatic heterocycles. The third kappa shape index (κ3) is 4.49. The van der Waals surface area contributed by atoms with Gasteiger partial charge in [0.2, 0.25) is 0 Å². The van der Waals surface area contributed by atoms with Gasteiger partial charge in [0, 0.05) is 18.3 Å². The second kappa shape index (κ2) is 7.40. The number of nitrogens with zero attached hydrogens (tertiary/aromatic N) is 1. The number of aromatic nitrogens is 1. The van der Waals surface area contributed by atoms with Crippen LogP contribution in [0.5, 0.6) is 0 Å². The normalized spacial score (nSPS) is 16.4. The summed E-state index contributed by atoms with van der Waals surface area (Å²) in [4.78, 5) is 12.4. The molecule has 3 nitrogen and oxygen atoms in total. The summed E-state index contributed by atoms with van der Waals surface area (Å²) in [6.07, 6.45) is 8.07. The molecule has 2 heterocycles. The van der Waals surface area contributed by atoms with Crippen molar-refractivity contribution in [2.24, 2.45) is 0 Å². The Morgan fingerprint density at radius 2 is 1.64 bits per heavy atom. The SMILES string of the molecule is CC(C)(C)c1ccc(/C=C/c2ccn(C3CCNCC3)c(=O)c2)cc1. The molecule has 0 amide bonds. The molecule has 0 radical (unpaired) electrons. The van der Waals surface area contributed by atoms with Gasteiger partial charge in [0.15, 0.2) is 0 Å². The Balaban J connectivity index is 1.73. The maximum absolute atomic E-state index is 12.4. The number of benzene rings is 1. The molecule has 1 aliphatic heterocycles. The van der Waals surface area contributed by atoms with E-state index in [-0.39, 0.29) is 11.0 Å². The number of hydrogen-bond donors (Lipinski definition) is 1. The van der Waals surface area contributed by atoms with Gasteiger partial charge in [-0.1, -0.05) is 57.2 Å². The lowest BCUT2D eigenvalue weighted by atomic mass is 9.87. The zero-order valence-corrected chi connectivity index (χ0v) is 15.5. The lowest BCUT2D eigenvalue weighted by molar-refractivity contribution is 0.361. The first kappa shape index (κ1) is 17.7. The molecule has 0 saturated carbocycles. The smallest absolute Gasteiger partial charge is 0.251 e. The molecule has 1 saturated heterocycles. The van der Waals surface area contributed by atoms with Gasteiger partial charge in [-0.3, -0.25) is 4.79 Å². The van der Waals surface area contributed by atoms with Crippen molar-refractivity contribution in [1.29, 1.82) is 0 Å². The summed E-state index contributed by atoms with van der Waals surface area (Å²) in [5.74, 6) is 0. The number of rotatable bonds is 3. The van der Waals surface area contributed by atoms with Crippen molar-refractivity contribution < 1.29 is 0 Å². The molecular weight excluding hydrogens is 308 g/mol. The van der Waals surface area contributed by atoms with Crippen LogP contribution < -0.4 is 10.9 Å². The standard InChI is InChI=1S/C22H28N2O/c1-22(2,3)19-8-6-17(7-9-19)4-5-18-12-15-24(21(25)16-18)20-10-13-23-14-11-20/h4-9,12,15-16,20,23H,10-11,13-14H2,1-3H3/b5-4+. The van der Waals surface area contributed by atoms with E-state index < -0.39 is 0 Å². The second-order valence-electron chi connectivity index (χ2n) is 7.89. The van der Waals surface area contributed by atoms with Crippen molar-refractivity contribution in [2.45, 2.75) is 45.1 Å². The molecule has 132 valence electrons. The summed E-state index contributed by atoms with van der Waals surface area (Å²) in [5, 5.41) is 3.34. The Morgan fingerprint density at radius 3 is 2.24 bits per heavy atom. The van der Waals surface area contributed by atoms with Crippen LogP contribution in [0.3, 0.4) is 0 Å². The van der Waals surface area contributed by atoms with Gasteiger partial charge < -0.3 is 9.88 Å². The van der Waals surface area contributed by atoms with E-state index in [1.807, 2.05) is 22.9 Å². The molecule has 0 unspecified atom stereocenters. The van der Waals surface area contributed by atoms with Gasteiger partial charge in [-0.05, 0) is 54.1 Å². The van der Waals surface area contributed by atoms with Crippen molar-refractivity contribution in [1.82, 2.24) is 9.88 Å². The van der Waals surface area contributed by atoms with Crippen LogP contribution in [0.1, 0.15) is 56.3 Å². The van der Waals surface area contributed by atoms with E-state index >= 15 is 0 Å². The second-order valence-corrected chi connectivity index (χ2v) is 7.89. The van der Waals surface area contributed by atoms with E-state index in [2.05, 4.69) is 56.4 Å². The van der Waals surface area contributed by atoms with Crippen LogP contribution in [0.4, 0.5) is 0 Å². The molecule has 1 N–H and O–H groups in total. The van der Waals surface area contributed by atoms with Crippen LogP contribution in [0, 0.1) is 0 Å². The van der Waals surface area contributed by atoms with Gasteiger partial charge in [-0.25, -0.2) is 0 Å². The number of piperidine rings is 1. The zero-order chi connectivity index (χ0) is 17.9. The molecule has 1 aromatic carbocycles. The molecular formula is C22H28N2O. The summed E-state index contributed by atoms with van der Waals surface area (Å²) < 4.78 is 1.89. The summed E-state index contributed by atoms with van der Waals surface area (Å²) in [7, 11) is 0. The Kier molecular flexibility index (Phi) is 5.24. The minimum atomic E-state index is 0.0946. The van der Waals surface area contributed by atoms with Crippen molar-refractivity contribution in [2.75, 3.05) is 13.1 Å². The van der Waals surface area contributed by atoms with Gasteiger partial charge in [0.25, 0.3) is 5.56 Å². The van der Waals surface area contributed by atoms with Gasteiger partial charge >= 0.3 is 0 Å². The Morgan fingerprint density at radius 1 is 1.00 bits per heavy atom. The van der Waals surface area contributed by atoms with Crippen molar-refractivity contribution >= 4 is 12.2 Å². The Labute approximate surface area is 150 Å². The van der Waals surface area contributed by atoms with Crippen LogP contribution in [-0.2, 0) is 5.41 Å². The molecule has 1 fully saturated rings. The van der Waals surface area contributed by atoms with Crippen LogP contribution in [0.25, 0.3) is 12.2 Å². The van der Waals surface area contributed by atoms with Crippen molar-refractivity contribution in [3.8, 4) is 0 Å². The molecule has 2 aromatic rings. The van der Waals surface area contributed by atoms with Crippen molar-refractivity contribution in [3.63, 3.8) is 0 Å². The van der Waals surface area contributed by atoms with Gasteiger partial charge in [-0.2, -0.15) is 0 Å². The highest BCUT2D eigenvalue weighted by Gasteiger charge is 2.15. The molecule has 3 heteroatoms. The number of pyridine rings is 1. The highest BCUT2D eigenvalue weighted by atomic mass is 16.1. The fourth-order valence-electron chi connectivity index (χ4n) is 3.28. The minimum Gasteiger partial charge on any atom is -0.317 e. The Bertz CT molecular complexity index is 788.